The third-order valence-electron chi connectivity index (χ3n) is 2.98. The van der Waals surface area contributed by atoms with Crippen LogP contribution in [-0.4, -0.2) is 17.3 Å². The van der Waals surface area contributed by atoms with Gasteiger partial charge in [-0.05, 0) is 23.3 Å². The van der Waals surface area contributed by atoms with E-state index in [1.165, 1.54) is 12.1 Å². The van der Waals surface area contributed by atoms with Crippen molar-refractivity contribution in [3.63, 3.8) is 0 Å². The van der Waals surface area contributed by atoms with E-state index in [9.17, 15) is 8.78 Å². The molecule has 4 heteroatoms. The van der Waals surface area contributed by atoms with Crippen LogP contribution in [0.15, 0.2) is 48.5 Å². The molecule has 0 saturated heterocycles. The van der Waals surface area contributed by atoms with Crippen LogP contribution in [0, 0.1) is 11.6 Å². The van der Waals surface area contributed by atoms with E-state index in [1.54, 1.807) is 0 Å². The van der Waals surface area contributed by atoms with Crippen molar-refractivity contribution in [2.24, 2.45) is 0 Å². The maximum absolute atomic E-state index is 13.2. The van der Waals surface area contributed by atoms with E-state index >= 15 is 0 Å². The zero-order chi connectivity index (χ0) is 14.4. The van der Waals surface area contributed by atoms with Crippen molar-refractivity contribution in [3.8, 4) is 0 Å². The first-order chi connectivity index (χ1) is 9.67. The van der Waals surface area contributed by atoms with Crippen LogP contribution >= 0.6 is 11.6 Å². The molecule has 0 bridgehead atoms. The molecule has 0 heterocycles. The molecule has 2 aromatic carbocycles. The lowest BCUT2D eigenvalue weighted by molar-refractivity contribution is 0.272. The van der Waals surface area contributed by atoms with Gasteiger partial charge in [0.1, 0.15) is 11.6 Å². The molecule has 0 fully saturated rings. The van der Waals surface area contributed by atoms with Crippen LogP contribution in [0.1, 0.15) is 11.1 Å². The summed E-state index contributed by atoms with van der Waals surface area (Å²) in [5.41, 5.74) is 1.76. The standard InChI is InChI=1S/C16H16ClF2N/c17-6-7-20(11-13-4-2-1-3-5-13)12-14-8-15(18)10-16(19)9-14/h1-5,8-10H,6-7,11-12H2. The molecule has 0 radical (unpaired) electrons. The molecule has 2 aromatic rings. The highest BCUT2D eigenvalue weighted by Crippen LogP contribution is 2.13. The van der Waals surface area contributed by atoms with Gasteiger partial charge in [0.15, 0.2) is 0 Å². The van der Waals surface area contributed by atoms with Crippen LogP contribution in [0.4, 0.5) is 8.78 Å². The van der Waals surface area contributed by atoms with Gasteiger partial charge in [0.05, 0.1) is 0 Å². The molecular formula is C16H16ClF2N. The highest BCUT2D eigenvalue weighted by molar-refractivity contribution is 6.18. The number of rotatable bonds is 6. The summed E-state index contributed by atoms with van der Waals surface area (Å²) in [5, 5.41) is 0. The quantitative estimate of drug-likeness (QED) is 0.722. The Morgan fingerprint density at radius 2 is 1.45 bits per heavy atom. The lowest BCUT2D eigenvalue weighted by atomic mass is 10.1. The van der Waals surface area contributed by atoms with Crippen LogP contribution in [0.3, 0.4) is 0 Å². The Balaban J connectivity index is 2.08. The lowest BCUT2D eigenvalue weighted by Crippen LogP contribution is -2.25. The summed E-state index contributed by atoms with van der Waals surface area (Å²) in [7, 11) is 0. The predicted octanol–water partition coefficient (Wildman–Crippen LogP) is 4.21. The molecule has 0 aromatic heterocycles. The van der Waals surface area contributed by atoms with Crippen molar-refractivity contribution in [1.82, 2.24) is 4.90 Å². The van der Waals surface area contributed by atoms with Gasteiger partial charge in [-0.1, -0.05) is 30.3 Å². The van der Waals surface area contributed by atoms with Crippen LogP contribution in [0.25, 0.3) is 0 Å². The van der Waals surface area contributed by atoms with Gasteiger partial charge in [0, 0.05) is 31.6 Å². The third kappa shape index (κ3) is 4.58. The van der Waals surface area contributed by atoms with E-state index in [0.29, 0.717) is 31.1 Å². The first-order valence-corrected chi connectivity index (χ1v) is 6.98. The van der Waals surface area contributed by atoms with Gasteiger partial charge in [-0.3, -0.25) is 4.90 Å². The van der Waals surface area contributed by atoms with Gasteiger partial charge in [0.2, 0.25) is 0 Å². The maximum Gasteiger partial charge on any atom is 0.126 e. The molecule has 106 valence electrons. The Morgan fingerprint density at radius 1 is 0.850 bits per heavy atom. The Bertz CT molecular complexity index is 525. The number of alkyl halides is 1. The summed E-state index contributed by atoms with van der Waals surface area (Å²) in [5.74, 6) is -0.624. The average molecular weight is 296 g/mol. The first-order valence-electron chi connectivity index (χ1n) is 6.44. The summed E-state index contributed by atoms with van der Waals surface area (Å²) in [6.45, 7) is 1.83. The largest absolute Gasteiger partial charge is 0.294 e. The van der Waals surface area contributed by atoms with Gasteiger partial charge in [-0.2, -0.15) is 0 Å². The third-order valence-corrected chi connectivity index (χ3v) is 3.15. The van der Waals surface area contributed by atoms with Gasteiger partial charge in [-0.15, -0.1) is 11.6 Å². The highest BCUT2D eigenvalue weighted by atomic mass is 35.5. The maximum atomic E-state index is 13.2. The monoisotopic (exact) mass is 295 g/mol. The zero-order valence-corrected chi connectivity index (χ0v) is 11.8. The van der Waals surface area contributed by atoms with Crippen LogP contribution in [0.2, 0.25) is 0 Å². The molecule has 0 N–H and O–H groups in total. The Kier molecular flexibility index (Phi) is 5.50. The highest BCUT2D eigenvalue weighted by Gasteiger charge is 2.08. The zero-order valence-electron chi connectivity index (χ0n) is 11.0. The number of nitrogens with zero attached hydrogens (tertiary/aromatic N) is 1. The molecule has 2 rings (SSSR count). The Labute approximate surface area is 122 Å². The van der Waals surface area contributed by atoms with E-state index in [0.717, 1.165) is 11.6 Å². The van der Waals surface area contributed by atoms with Gasteiger partial charge < -0.3 is 0 Å². The number of hydrogen-bond donors (Lipinski definition) is 0. The minimum Gasteiger partial charge on any atom is -0.294 e. The van der Waals surface area contributed by atoms with Gasteiger partial charge in [0.25, 0.3) is 0 Å². The van der Waals surface area contributed by atoms with Gasteiger partial charge >= 0.3 is 0 Å². The van der Waals surface area contributed by atoms with Crippen LogP contribution in [0.5, 0.6) is 0 Å². The fourth-order valence-corrected chi connectivity index (χ4v) is 2.37. The first kappa shape index (κ1) is 14.9. The number of hydrogen-bond acceptors (Lipinski definition) is 1. The molecule has 0 aliphatic heterocycles. The number of halogens is 3. The Hall–Kier alpha value is -1.45. The van der Waals surface area contributed by atoms with Crippen molar-refractivity contribution in [1.29, 1.82) is 0 Å². The van der Waals surface area contributed by atoms with Crippen molar-refractivity contribution >= 4 is 11.6 Å². The molecule has 0 saturated carbocycles. The van der Waals surface area contributed by atoms with Crippen LogP contribution in [-0.2, 0) is 13.1 Å². The Morgan fingerprint density at radius 3 is 2.05 bits per heavy atom. The minimum absolute atomic E-state index is 0.469. The topological polar surface area (TPSA) is 3.24 Å². The second-order valence-electron chi connectivity index (χ2n) is 4.66. The fraction of sp³-hybridized carbons (Fsp3) is 0.250. The SMILES string of the molecule is Fc1cc(F)cc(CN(CCCl)Cc2ccccc2)c1. The summed E-state index contributed by atoms with van der Waals surface area (Å²) >= 11 is 5.80. The second kappa shape index (κ2) is 7.36. The summed E-state index contributed by atoms with van der Waals surface area (Å²) in [6.07, 6.45) is 0. The smallest absolute Gasteiger partial charge is 0.126 e. The number of benzene rings is 2. The van der Waals surface area contributed by atoms with E-state index in [-0.39, 0.29) is 0 Å². The van der Waals surface area contributed by atoms with Crippen LogP contribution < -0.4 is 0 Å². The average Bonchev–Trinajstić information content (AvgIpc) is 2.39. The summed E-state index contributed by atoms with van der Waals surface area (Å²) in [4.78, 5) is 2.07. The van der Waals surface area contributed by atoms with Gasteiger partial charge in [-0.25, -0.2) is 8.78 Å². The van der Waals surface area contributed by atoms with E-state index in [2.05, 4.69) is 4.90 Å². The predicted molar refractivity (Wildman–Crippen MR) is 77.6 cm³/mol. The summed E-state index contributed by atoms with van der Waals surface area (Å²) in [6, 6.07) is 13.5. The normalized spacial score (nSPS) is 11.0. The lowest BCUT2D eigenvalue weighted by Gasteiger charge is -2.21. The van der Waals surface area contributed by atoms with Crippen molar-refractivity contribution in [2.75, 3.05) is 12.4 Å². The molecule has 0 atom stereocenters. The van der Waals surface area contributed by atoms with Crippen molar-refractivity contribution in [3.05, 3.63) is 71.3 Å². The van der Waals surface area contributed by atoms with E-state index in [4.69, 9.17) is 11.6 Å². The van der Waals surface area contributed by atoms with Crippen molar-refractivity contribution < 1.29 is 8.78 Å². The minimum atomic E-state index is -0.550. The molecule has 1 nitrogen and oxygen atoms in total. The molecular weight excluding hydrogens is 280 g/mol. The molecule has 0 aliphatic rings. The van der Waals surface area contributed by atoms with E-state index in [1.807, 2.05) is 30.3 Å². The van der Waals surface area contributed by atoms with Crippen molar-refractivity contribution in [2.45, 2.75) is 13.1 Å². The second-order valence-corrected chi connectivity index (χ2v) is 5.04. The molecule has 0 unspecified atom stereocenters. The molecule has 0 amide bonds. The fourth-order valence-electron chi connectivity index (χ4n) is 2.14. The summed E-state index contributed by atoms with van der Waals surface area (Å²) < 4.78 is 26.4. The molecule has 20 heavy (non-hydrogen) atoms. The van der Waals surface area contributed by atoms with E-state index < -0.39 is 11.6 Å². The molecule has 0 spiro atoms. The molecule has 0 aliphatic carbocycles.